The molecule has 1 unspecified atom stereocenters. The van der Waals surface area contributed by atoms with E-state index < -0.39 is 0 Å². The Morgan fingerprint density at radius 2 is 1.61 bits per heavy atom. The van der Waals surface area contributed by atoms with Crippen LogP contribution in [0, 0.1) is 5.92 Å². The van der Waals surface area contributed by atoms with Crippen molar-refractivity contribution in [3.05, 3.63) is 90.0 Å². The number of carbonyl (C=O) groups excluding carboxylic acids is 2. The molecule has 0 fully saturated rings. The largest absolute Gasteiger partial charge is 0.466 e. The van der Waals surface area contributed by atoms with Crippen LogP contribution in [0.1, 0.15) is 62.0 Å². The minimum absolute atomic E-state index is 0.0220. The highest BCUT2D eigenvalue weighted by Gasteiger charge is 2.17. The fourth-order valence-corrected chi connectivity index (χ4v) is 4.22. The van der Waals surface area contributed by atoms with E-state index in [4.69, 9.17) is 9.26 Å². The summed E-state index contributed by atoms with van der Waals surface area (Å²) in [4.78, 5) is 28.5. The van der Waals surface area contributed by atoms with Crippen LogP contribution in [-0.2, 0) is 9.53 Å². The van der Waals surface area contributed by atoms with E-state index in [1.807, 2.05) is 66.7 Å². The number of hydrogen-bond donors (Lipinski definition) is 1. The van der Waals surface area contributed by atoms with E-state index in [1.165, 1.54) is 0 Å². The molecule has 1 atom stereocenters. The number of ketones is 1. The fourth-order valence-electron chi connectivity index (χ4n) is 4.22. The fraction of sp³-hybridized carbons (Fsp3) is 0.290. The van der Waals surface area contributed by atoms with Gasteiger partial charge in [0.2, 0.25) is 5.82 Å². The molecule has 0 spiro atoms. The normalized spacial score (nSPS) is 11.8. The number of esters is 1. The van der Waals surface area contributed by atoms with E-state index in [2.05, 4.69) is 41.4 Å². The van der Waals surface area contributed by atoms with Gasteiger partial charge in [-0.1, -0.05) is 61.5 Å². The summed E-state index contributed by atoms with van der Waals surface area (Å²) >= 11 is 0. The first-order chi connectivity index (χ1) is 18.4. The molecule has 7 heteroatoms. The summed E-state index contributed by atoms with van der Waals surface area (Å²) in [5, 5.41) is 7.74. The summed E-state index contributed by atoms with van der Waals surface area (Å²) in [5.41, 5.74) is 4.47. The van der Waals surface area contributed by atoms with Gasteiger partial charge in [0.1, 0.15) is 0 Å². The van der Waals surface area contributed by atoms with Gasteiger partial charge in [-0.3, -0.25) is 9.59 Å². The van der Waals surface area contributed by atoms with E-state index in [-0.39, 0.29) is 24.2 Å². The van der Waals surface area contributed by atoms with Gasteiger partial charge < -0.3 is 14.6 Å². The molecular formula is C31H33N3O4. The standard InChI is InChI=1S/C31H33N3O4/c1-4-37-28(36)12-8-11-27(35)22-17-19-26(20-18-22)32-29(21(2)3)23-13-15-24(16-14-23)30-33-31(38-34-30)25-9-6-5-7-10-25/h5-7,9-10,13-21,29,32H,4,8,11-12H2,1-3H3. The Morgan fingerprint density at radius 1 is 0.895 bits per heavy atom. The second kappa shape index (κ2) is 12.8. The Labute approximate surface area is 223 Å². The smallest absolute Gasteiger partial charge is 0.305 e. The molecule has 4 rings (SSSR count). The van der Waals surface area contributed by atoms with E-state index in [9.17, 15) is 9.59 Å². The van der Waals surface area contributed by atoms with E-state index in [1.54, 1.807) is 6.92 Å². The van der Waals surface area contributed by atoms with Crippen molar-refractivity contribution in [1.29, 1.82) is 0 Å². The van der Waals surface area contributed by atoms with Crippen molar-refractivity contribution >= 4 is 17.4 Å². The van der Waals surface area contributed by atoms with Crippen molar-refractivity contribution < 1.29 is 18.8 Å². The lowest BCUT2D eigenvalue weighted by Gasteiger charge is -2.24. The molecule has 0 radical (unpaired) electrons. The molecular weight excluding hydrogens is 478 g/mol. The first-order valence-electron chi connectivity index (χ1n) is 13.0. The zero-order valence-corrected chi connectivity index (χ0v) is 22.0. The minimum atomic E-state index is -0.262. The van der Waals surface area contributed by atoms with Crippen molar-refractivity contribution in [1.82, 2.24) is 10.1 Å². The van der Waals surface area contributed by atoms with Crippen LogP contribution in [0.3, 0.4) is 0 Å². The molecule has 1 heterocycles. The third-order valence-electron chi connectivity index (χ3n) is 6.26. The van der Waals surface area contributed by atoms with E-state index >= 15 is 0 Å². The predicted molar refractivity (Wildman–Crippen MR) is 148 cm³/mol. The molecule has 38 heavy (non-hydrogen) atoms. The van der Waals surface area contributed by atoms with E-state index in [0.29, 0.717) is 42.6 Å². The third kappa shape index (κ3) is 6.94. The van der Waals surface area contributed by atoms with Crippen LogP contribution >= 0.6 is 0 Å². The van der Waals surface area contributed by atoms with Gasteiger partial charge in [0.25, 0.3) is 5.89 Å². The van der Waals surface area contributed by atoms with Gasteiger partial charge in [-0.2, -0.15) is 4.98 Å². The lowest BCUT2D eigenvalue weighted by Crippen LogP contribution is -2.16. The highest BCUT2D eigenvalue weighted by atomic mass is 16.5. The van der Waals surface area contributed by atoms with Crippen LogP contribution in [0.4, 0.5) is 5.69 Å². The van der Waals surface area contributed by atoms with Crippen LogP contribution in [0.15, 0.2) is 83.4 Å². The van der Waals surface area contributed by atoms with Gasteiger partial charge in [0, 0.05) is 35.2 Å². The number of hydrogen-bond acceptors (Lipinski definition) is 7. The molecule has 196 valence electrons. The van der Waals surface area contributed by atoms with Crippen LogP contribution in [-0.4, -0.2) is 28.5 Å². The van der Waals surface area contributed by atoms with Crippen molar-refractivity contribution in [2.75, 3.05) is 11.9 Å². The highest BCUT2D eigenvalue weighted by molar-refractivity contribution is 5.96. The molecule has 7 nitrogen and oxygen atoms in total. The van der Waals surface area contributed by atoms with Gasteiger partial charge in [0.15, 0.2) is 5.78 Å². The predicted octanol–water partition coefficient (Wildman–Crippen LogP) is 7.13. The van der Waals surface area contributed by atoms with Crippen LogP contribution < -0.4 is 5.32 Å². The minimum Gasteiger partial charge on any atom is -0.466 e. The molecule has 0 bridgehead atoms. The molecule has 0 amide bonds. The quantitative estimate of drug-likeness (QED) is 0.160. The first-order valence-corrected chi connectivity index (χ1v) is 13.0. The average molecular weight is 512 g/mol. The Morgan fingerprint density at radius 3 is 2.26 bits per heavy atom. The second-order valence-corrected chi connectivity index (χ2v) is 9.44. The Balaban J connectivity index is 1.38. The summed E-state index contributed by atoms with van der Waals surface area (Å²) in [7, 11) is 0. The molecule has 0 aliphatic rings. The number of aromatic nitrogens is 2. The second-order valence-electron chi connectivity index (χ2n) is 9.44. The van der Waals surface area contributed by atoms with E-state index in [0.717, 1.165) is 22.4 Å². The Kier molecular flexibility index (Phi) is 9.03. The molecule has 0 aliphatic heterocycles. The number of carbonyl (C=O) groups is 2. The van der Waals surface area contributed by atoms with Crippen LogP contribution in [0.2, 0.25) is 0 Å². The maximum Gasteiger partial charge on any atom is 0.305 e. The lowest BCUT2D eigenvalue weighted by atomic mass is 9.94. The maximum atomic E-state index is 12.5. The van der Waals surface area contributed by atoms with Crippen LogP contribution in [0.25, 0.3) is 22.8 Å². The van der Waals surface area contributed by atoms with Crippen molar-refractivity contribution in [3.63, 3.8) is 0 Å². The van der Waals surface area contributed by atoms with Gasteiger partial charge in [-0.05, 0) is 61.2 Å². The van der Waals surface area contributed by atoms with Crippen LogP contribution in [0.5, 0.6) is 0 Å². The molecule has 3 aromatic carbocycles. The topological polar surface area (TPSA) is 94.3 Å². The summed E-state index contributed by atoms with van der Waals surface area (Å²) in [5.74, 6) is 1.12. The summed E-state index contributed by atoms with van der Waals surface area (Å²) in [6, 6.07) is 25.4. The van der Waals surface area contributed by atoms with Gasteiger partial charge >= 0.3 is 5.97 Å². The van der Waals surface area contributed by atoms with Crippen molar-refractivity contribution in [3.8, 4) is 22.8 Å². The number of rotatable bonds is 12. The zero-order chi connectivity index (χ0) is 26.9. The number of Topliss-reactive ketones (excluding diaryl/α,β-unsaturated/α-hetero) is 1. The number of benzene rings is 3. The number of ether oxygens (including phenoxy) is 1. The molecule has 1 N–H and O–H groups in total. The number of nitrogens with zero attached hydrogens (tertiary/aromatic N) is 2. The highest BCUT2D eigenvalue weighted by Crippen LogP contribution is 2.29. The third-order valence-corrected chi connectivity index (χ3v) is 6.26. The maximum absolute atomic E-state index is 12.5. The first kappa shape index (κ1) is 26.8. The van der Waals surface area contributed by atoms with Crippen molar-refractivity contribution in [2.45, 2.75) is 46.1 Å². The Bertz CT molecular complexity index is 1330. The van der Waals surface area contributed by atoms with Gasteiger partial charge in [-0.25, -0.2) is 0 Å². The molecule has 4 aromatic rings. The molecule has 0 saturated carbocycles. The summed E-state index contributed by atoms with van der Waals surface area (Å²) in [6.07, 6.45) is 1.06. The lowest BCUT2D eigenvalue weighted by molar-refractivity contribution is -0.143. The monoisotopic (exact) mass is 511 g/mol. The SMILES string of the molecule is CCOC(=O)CCCC(=O)c1ccc(NC(c2ccc(-c3noc(-c4ccccc4)n3)cc2)C(C)C)cc1. The van der Waals surface area contributed by atoms with Gasteiger partial charge in [-0.15, -0.1) is 0 Å². The number of anilines is 1. The van der Waals surface area contributed by atoms with Gasteiger partial charge in [0.05, 0.1) is 12.6 Å². The molecule has 0 saturated heterocycles. The summed E-state index contributed by atoms with van der Waals surface area (Å²) in [6.45, 7) is 6.46. The molecule has 1 aromatic heterocycles. The average Bonchev–Trinajstić information content (AvgIpc) is 3.43. The molecule has 0 aliphatic carbocycles. The number of nitrogens with one attached hydrogen (secondary N) is 1. The van der Waals surface area contributed by atoms with Crippen molar-refractivity contribution in [2.24, 2.45) is 5.92 Å². The Hall–Kier alpha value is -4.26. The summed E-state index contributed by atoms with van der Waals surface area (Å²) < 4.78 is 10.4. The zero-order valence-electron chi connectivity index (χ0n) is 22.0.